The quantitative estimate of drug-likeness (QED) is 0.455. The summed E-state index contributed by atoms with van der Waals surface area (Å²) in [5.41, 5.74) is 3.21. The minimum absolute atomic E-state index is 0.664. The number of hydrogen-bond acceptors (Lipinski definition) is 5. The van der Waals surface area contributed by atoms with Crippen molar-refractivity contribution in [2.24, 2.45) is 5.16 Å². The van der Waals surface area contributed by atoms with Crippen molar-refractivity contribution in [2.45, 2.75) is 19.3 Å². The predicted molar refractivity (Wildman–Crippen MR) is 90.5 cm³/mol. The van der Waals surface area contributed by atoms with Crippen LogP contribution in [0.15, 0.2) is 38.8 Å². The van der Waals surface area contributed by atoms with Crippen LogP contribution in [-0.2, 0) is 4.84 Å². The van der Waals surface area contributed by atoms with E-state index in [0.717, 1.165) is 23.4 Å². The minimum atomic E-state index is 0.664. The van der Waals surface area contributed by atoms with Gasteiger partial charge in [-0.05, 0) is 48.8 Å². The Kier molecular flexibility index (Phi) is 5.43. The Morgan fingerprint density at radius 1 is 1.05 bits per heavy atom. The van der Waals surface area contributed by atoms with Crippen LogP contribution in [0.5, 0.6) is 0 Å². The number of likely N-dealkylation sites (tertiary alicyclic amines) is 1. The fraction of sp³-hybridized carbons (Fsp3) is 0.438. The molecule has 0 amide bonds. The molecular weight excluding hydrogens is 300 g/mol. The highest BCUT2D eigenvalue weighted by molar-refractivity contribution is 7.08. The van der Waals surface area contributed by atoms with E-state index < -0.39 is 0 Å². The van der Waals surface area contributed by atoms with Gasteiger partial charge in [0.2, 0.25) is 0 Å². The monoisotopic (exact) mass is 320 g/mol. The van der Waals surface area contributed by atoms with Gasteiger partial charge in [0.1, 0.15) is 12.3 Å². The standard InChI is InChI=1S/C16H20N2OS2/c1-2-6-18(7-3-1)8-9-19-17-16(14-4-10-20-12-14)15-5-11-21-13-15/h4-5,10-13H,1-3,6-9H2. The summed E-state index contributed by atoms with van der Waals surface area (Å²) in [6, 6.07) is 4.18. The first-order valence-electron chi connectivity index (χ1n) is 7.41. The normalized spacial score (nSPS) is 15.8. The molecule has 0 atom stereocenters. The van der Waals surface area contributed by atoms with E-state index >= 15 is 0 Å². The zero-order chi connectivity index (χ0) is 14.3. The molecule has 1 fully saturated rings. The number of oxime groups is 1. The molecule has 1 saturated heterocycles. The van der Waals surface area contributed by atoms with Gasteiger partial charge >= 0.3 is 0 Å². The number of thiophene rings is 2. The number of piperidine rings is 1. The van der Waals surface area contributed by atoms with Crippen LogP contribution in [0.2, 0.25) is 0 Å². The van der Waals surface area contributed by atoms with Crippen LogP contribution in [0.25, 0.3) is 0 Å². The molecule has 112 valence electrons. The number of nitrogens with zero attached hydrogens (tertiary/aromatic N) is 2. The highest BCUT2D eigenvalue weighted by Gasteiger charge is 2.11. The number of hydrogen-bond donors (Lipinski definition) is 0. The summed E-state index contributed by atoms with van der Waals surface area (Å²) in [6.07, 6.45) is 4.01. The Balaban J connectivity index is 1.58. The van der Waals surface area contributed by atoms with Crippen molar-refractivity contribution < 1.29 is 4.84 Å². The second kappa shape index (κ2) is 7.73. The van der Waals surface area contributed by atoms with Gasteiger partial charge in [0.15, 0.2) is 0 Å². The third-order valence-corrected chi connectivity index (χ3v) is 5.06. The van der Waals surface area contributed by atoms with Gasteiger partial charge in [-0.3, -0.25) is 4.90 Å². The first-order valence-corrected chi connectivity index (χ1v) is 9.29. The molecule has 21 heavy (non-hydrogen) atoms. The molecule has 1 aliphatic rings. The van der Waals surface area contributed by atoms with Crippen molar-refractivity contribution in [3.05, 3.63) is 44.8 Å². The molecule has 0 aliphatic carbocycles. The maximum atomic E-state index is 5.60. The summed E-state index contributed by atoms with van der Waals surface area (Å²) in [7, 11) is 0. The molecule has 0 N–H and O–H groups in total. The summed E-state index contributed by atoms with van der Waals surface area (Å²) in [5, 5.41) is 12.8. The molecule has 3 rings (SSSR count). The van der Waals surface area contributed by atoms with Crippen LogP contribution >= 0.6 is 22.7 Å². The predicted octanol–water partition coefficient (Wildman–Crippen LogP) is 4.06. The summed E-state index contributed by atoms with van der Waals surface area (Å²) in [4.78, 5) is 8.07. The highest BCUT2D eigenvalue weighted by Crippen LogP contribution is 2.17. The zero-order valence-electron chi connectivity index (χ0n) is 12.0. The van der Waals surface area contributed by atoms with Crippen LogP contribution in [-0.4, -0.2) is 36.9 Å². The molecule has 0 saturated carbocycles. The lowest BCUT2D eigenvalue weighted by molar-refractivity contribution is 0.103. The molecule has 0 aromatic carbocycles. The molecule has 0 spiro atoms. The van der Waals surface area contributed by atoms with E-state index in [4.69, 9.17) is 4.84 Å². The molecule has 1 aliphatic heterocycles. The molecule has 3 heterocycles. The Labute approximate surface area is 133 Å². The molecule has 0 bridgehead atoms. The summed E-state index contributed by atoms with van der Waals surface area (Å²) in [6.45, 7) is 4.05. The topological polar surface area (TPSA) is 24.8 Å². The molecule has 0 unspecified atom stereocenters. The van der Waals surface area contributed by atoms with Crippen LogP contribution < -0.4 is 0 Å². The molecule has 5 heteroatoms. The van der Waals surface area contributed by atoms with Gasteiger partial charge in [0.05, 0.1) is 0 Å². The van der Waals surface area contributed by atoms with E-state index in [0.29, 0.717) is 6.61 Å². The highest BCUT2D eigenvalue weighted by atomic mass is 32.1. The van der Waals surface area contributed by atoms with Crippen molar-refractivity contribution >= 4 is 28.4 Å². The Bertz CT molecular complexity index is 507. The fourth-order valence-electron chi connectivity index (χ4n) is 2.53. The maximum Gasteiger partial charge on any atom is 0.129 e. The van der Waals surface area contributed by atoms with Gasteiger partial charge in [-0.2, -0.15) is 22.7 Å². The Morgan fingerprint density at radius 3 is 2.29 bits per heavy atom. The summed E-state index contributed by atoms with van der Waals surface area (Å²) in [5.74, 6) is 0. The van der Waals surface area contributed by atoms with E-state index in [1.807, 2.05) is 0 Å². The van der Waals surface area contributed by atoms with Crippen LogP contribution in [0.3, 0.4) is 0 Å². The molecular formula is C16H20N2OS2. The van der Waals surface area contributed by atoms with Crippen molar-refractivity contribution in [1.82, 2.24) is 4.90 Å². The lowest BCUT2D eigenvalue weighted by Gasteiger charge is -2.25. The van der Waals surface area contributed by atoms with Crippen LogP contribution in [0.4, 0.5) is 0 Å². The van der Waals surface area contributed by atoms with E-state index in [2.05, 4.69) is 43.7 Å². The van der Waals surface area contributed by atoms with Crippen LogP contribution in [0.1, 0.15) is 30.4 Å². The second-order valence-corrected chi connectivity index (χ2v) is 6.76. The SMILES string of the molecule is c1cc(C(=NOCCN2CCCCC2)c2ccsc2)cs1. The van der Waals surface area contributed by atoms with Gasteiger partial charge in [-0.15, -0.1) is 0 Å². The molecule has 3 nitrogen and oxygen atoms in total. The molecule has 2 aromatic heterocycles. The van der Waals surface area contributed by atoms with Gasteiger partial charge in [0, 0.05) is 28.4 Å². The lowest BCUT2D eigenvalue weighted by atomic mass is 10.1. The summed E-state index contributed by atoms with van der Waals surface area (Å²) >= 11 is 3.37. The van der Waals surface area contributed by atoms with Crippen molar-refractivity contribution in [2.75, 3.05) is 26.2 Å². The zero-order valence-corrected chi connectivity index (χ0v) is 13.7. The van der Waals surface area contributed by atoms with E-state index in [1.54, 1.807) is 22.7 Å². The third-order valence-electron chi connectivity index (χ3n) is 3.69. The van der Waals surface area contributed by atoms with Crippen molar-refractivity contribution in [3.8, 4) is 0 Å². The average molecular weight is 320 g/mol. The van der Waals surface area contributed by atoms with E-state index in [-0.39, 0.29) is 0 Å². The van der Waals surface area contributed by atoms with Gasteiger partial charge in [-0.1, -0.05) is 11.6 Å². The number of rotatable bonds is 6. The van der Waals surface area contributed by atoms with Crippen LogP contribution in [0, 0.1) is 0 Å². The fourth-order valence-corrected chi connectivity index (χ4v) is 3.81. The third kappa shape index (κ3) is 4.15. The Hall–Kier alpha value is -1.17. The minimum Gasteiger partial charge on any atom is -0.394 e. The van der Waals surface area contributed by atoms with E-state index in [1.165, 1.54) is 32.4 Å². The largest absolute Gasteiger partial charge is 0.394 e. The molecule has 2 aromatic rings. The van der Waals surface area contributed by atoms with Gasteiger partial charge in [0.25, 0.3) is 0 Å². The van der Waals surface area contributed by atoms with Crippen molar-refractivity contribution in [1.29, 1.82) is 0 Å². The first kappa shape index (κ1) is 14.8. The first-order chi connectivity index (χ1) is 10.4. The van der Waals surface area contributed by atoms with E-state index in [9.17, 15) is 0 Å². The molecule has 0 radical (unpaired) electrons. The lowest BCUT2D eigenvalue weighted by Crippen LogP contribution is -2.32. The smallest absolute Gasteiger partial charge is 0.129 e. The van der Waals surface area contributed by atoms with Gasteiger partial charge in [-0.25, -0.2) is 0 Å². The maximum absolute atomic E-state index is 5.60. The average Bonchev–Trinajstić information content (AvgIpc) is 3.22. The van der Waals surface area contributed by atoms with Crippen molar-refractivity contribution in [3.63, 3.8) is 0 Å². The summed E-state index contributed by atoms with van der Waals surface area (Å²) < 4.78 is 0. The second-order valence-electron chi connectivity index (χ2n) is 5.20. The Morgan fingerprint density at radius 2 is 1.71 bits per heavy atom. The van der Waals surface area contributed by atoms with Gasteiger partial charge < -0.3 is 4.84 Å².